The Balaban J connectivity index is 1.75. The summed E-state index contributed by atoms with van der Waals surface area (Å²) in [4.78, 5) is 28.2. The molecule has 1 saturated carbocycles. The lowest BCUT2D eigenvalue weighted by molar-refractivity contribution is -0.123. The van der Waals surface area contributed by atoms with E-state index in [9.17, 15) is 14.0 Å². The number of nitrogens with zero attached hydrogens (tertiary/aromatic N) is 3. The fourth-order valence-electron chi connectivity index (χ4n) is 3.87. The van der Waals surface area contributed by atoms with Gasteiger partial charge in [-0.25, -0.2) is 4.39 Å². The number of carbonyl (C=O) groups excluding carboxylic acids is 2. The summed E-state index contributed by atoms with van der Waals surface area (Å²) in [7, 11) is 0. The molecule has 9 heteroatoms. The molecule has 0 bridgehead atoms. The third-order valence-electron chi connectivity index (χ3n) is 5.39. The molecule has 0 radical (unpaired) electrons. The van der Waals surface area contributed by atoms with E-state index in [4.69, 9.17) is 4.42 Å². The molecule has 1 aromatic carbocycles. The third-order valence-corrected chi connectivity index (χ3v) is 5.90. The molecule has 7 nitrogen and oxygen atoms in total. The molecule has 0 spiro atoms. The number of benzene rings is 1. The van der Waals surface area contributed by atoms with Gasteiger partial charge in [-0.2, -0.15) is 0 Å². The van der Waals surface area contributed by atoms with E-state index >= 15 is 0 Å². The van der Waals surface area contributed by atoms with E-state index in [-0.39, 0.29) is 17.6 Å². The van der Waals surface area contributed by atoms with Crippen LogP contribution in [0.1, 0.15) is 60.2 Å². The second kappa shape index (κ2) is 9.38. The van der Waals surface area contributed by atoms with Gasteiger partial charge in [-0.3, -0.25) is 14.5 Å². The second-order valence-electron chi connectivity index (χ2n) is 7.64. The Morgan fingerprint density at radius 3 is 2.52 bits per heavy atom. The van der Waals surface area contributed by atoms with Gasteiger partial charge in [0, 0.05) is 17.1 Å². The van der Waals surface area contributed by atoms with Crippen LogP contribution in [0.25, 0.3) is 0 Å². The summed E-state index contributed by atoms with van der Waals surface area (Å²) in [5.41, 5.74) is 0.463. The Morgan fingerprint density at radius 2 is 1.90 bits per heavy atom. The summed E-state index contributed by atoms with van der Waals surface area (Å²) in [6, 6.07) is 7.82. The van der Waals surface area contributed by atoms with Crippen LogP contribution in [0.15, 0.2) is 46.2 Å². The molecule has 2 heterocycles. The van der Waals surface area contributed by atoms with E-state index in [0.29, 0.717) is 17.2 Å². The van der Waals surface area contributed by atoms with Crippen LogP contribution in [0.4, 0.5) is 10.1 Å². The number of hydrogen-bond donors (Lipinski definition) is 1. The smallest absolute Gasteiger partial charge is 0.280 e. The number of halogens is 1. The molecule has 0 saturated heterocycles. The molecule has 3 aromatic rings. The van der Waals surface area contributed by atoms with Gasteiger partial charge < -0.3 is 9.73 Å². The largest absolute Gasteiger partial charge is 0.464 e. The first-order valence-electron chi connectivity index (χ1n) is 10.3. The maximum Gasteiger partial charge on any atom is 0.280 e. The maximum atomic E-state index is 13.6. The van der Waals surface area contributed by atoms with E-state index in [2.05, 4.69) is 14.9 Å². The van der Waals surface area contributed by atoms with E-state index in [0.717, 1.165) is 43.6 Å². The Labute approximate surface area is 183 Å². The predicted molar refractivity (Wildman–Crippen MR) is 114 cm³/mol. The molecular formula is C22H23FN4O3S. The van der Waals surface area contributed by atoms with Gasteiger partial charge in [0.1, 0.15) is 17.3 Å². The number of nitrogens with one attached hydrogen (secondary N) is 1. The van der Waals surface area contributed by atoms with Crippen molar-refractivity contribution in [2.45, 2.75) is 51.1 Å². The summed E-state index contributed by atoms with van der Waals surface area (Å²) in [5, 5.41) is 8.48. The van der Waals surface area contributed by atoms with Gasteiger partial charge in [-0.15, -0.1) is 5.10 Å². The molecule has 2 amide bonds. The number of amides is 2. The van der Waals surface area contributed by atoms with Crippen molar-refractivity contribution < 1.29 is 18.4 Å². The third kappa shape index (κ3) is 4.82. The van der Waals surface area contributed by atoms with E-state index in [1.807, 2.05) is 0 Å². The normalized spacial score (nSPS) is 15.4. The number of aryl methyl sites for hydroxylation is 1. The lowest BCUT2D eigenvalue weighted by atomic mass is 9.95. The summed E-state index contributed by atoms with van der Waals surface area (Å²) < 4.78 is 23.2. The number of rotatable bonds is 6. The zero-order valence-electron chi connectivity index (χ0n) is 17.1. The Kier molecular flexibility index (Phi) is 6.41. The van der Waals surface area contributed by atoms with Crippen LogP contribution in [0.2, 0.25) is 0 Å². The zero-order valence-corrected chi connectivity index (χ0v) is 17.9. The van der Waals surface area contributed by atoms with Gasteiger partial charge in [0.05, 0.1) is 0 Å². The fraction of sp³-hybridized carbons (Fsp3) is 0.364. The number of aromatic nitrogens is 2. The van der Waals surface area contributed by atoms with Crippen molar-refractivity contribution in [2.24, 2.45) is 0 Å². The summed E-state index contributed by atoms with van der Waals surface area (Å²) in [6.45, 7) is 1.77. The molecule has 1 N–H and O–H groups in total. The first kappa shape index (κ1) is 21.2. The Morgan fingerprint density at radius 1 is 1.16 bits per heavy atom. The minimum Gasteiger partial charge on any atom is -0.464 e. The number of hydrogen-bond acceptors (Lipinski definition) is 6. The molecule has 1 unspecified atom stereocenters. The maximum absolute atomic E-state index is 13.6. The summed E-state index contributed by atoms with van der Waals surface area (Å²) in [6.07, 6.45) is 5.07. The van der Waals surface area contributed by atoms with Crippen LogP contribution in [0.5, 0.6) is 0 Å². The minimum absolute atomic E-state index is 0.0471. The van der Waals surface area contributed by atoms with E-state index < -0.39 is 17.8 Å². The Bertz CT molecular complexity index is 1030. The Hall–Kier alpha value is -3.07. The van der Waals surface area contributed by atoms with Crippen molar-refractivity contribution in [1.29, 1.82) is 0 Å². The molecule has 162 valence electrons. The van der Waals surface area contributed by atoms with Gasteiger partial charge in [-0.05, 0) is 67.7 Å². The molecule has 0 aliphatic heterocycles. The average molecular weight is 443 g/mol. The quantitative estimate of drug-likeness (QED) is 0.611. The lowest BCUT2D eigenvalue weighted by Crippen LogP contribution is -2.47. The van der Waals surface area contributed by atoms with Crippen molar-refractivity contribution in [2.75, 3.05) is 4.90 Å². The molecule has 1 aliphatic carbocycles. The number of anilines is 1. The van der Waals surface area contributed by atoms with Crippen molar-refractivity contribution >= 4 is 29.0 Å². The molecule has 1 fully saturated rings. The predicted octanol–water partition coefficient (Wildman–Crippen LogP) is 4.42. The molecule has 2 aromatic heterocycles. The zero-order chi connectivity index (χ0) is 21.8. The van der Waals surface area contributed by atoms with Crippen LogP contribution < -0.4 is 10.2 Å². The summed E-state index contributed by atoms with van der Waals surface area (Å²) >= 11 is 1.04. The first-order valence-corrected chi connectivity index (χ1v) is 11.1. The molecule has 4 rings (SSSR count). The SMILES string of the molecule is Cc1ccc(C(C(=O)NC2CCCCC2)N(C(=O)c2csnn2)c2ccc(F)cc2)o1. The molecule has 31 heavy (non-hydrogen) atoms. The van der Waals surface area contributed by atoms with Gasteiger partial charge in [0.15, 0.2) is 11.7 Å². The highest BCUT2D eigenvalue weighted by molar-refractivity contribution is 7.03. The van der Waals surface area contributed by atoms with Gasteiger partial charge in [0.25, 0.3) is 11.8 Å². The number of furan rings is 1. The topological polar surface area (TPSA) is 88.3 Å². The standard InChI is InChI=1S/C22H23FN4O3S/c1-14-7-12-19(30-14)20(21(28)24-16-5-3-2-4-6-16)27(17-10-8-15(23)9-11-17)22(29)18-13-31-26-25-18/h7-13,16,20H,2-6H2,1H3,(H,24,28). The fourth-order valence-corrected chi connectivity index (χ4v) is 4.30. The molecule has 1 atom stereocenters. The van der Waals surface area contributed by atoms with Crippen molar-refractivity contribution in [3.05, 3.63) is 64.8 Å². The van der Waals surface area contributed by atoms with Gasteiger partial charge in [-0.1, -0.05) is 23.8 Å². The van der Waals surface area contributed by atoms with E-state index in [1.165, 1.54) is 34.5 Å². The van der Waals surface area contributed by atoms with Crippen LogP contribution >= 0.6 is 11.5 Å². The lowest BCUT2D eigenvalue weighted by Gasteiger charge is -2.31. The van der Waals surface area contributed by atoms with Crippen LogP contribution in [-0.4, -0.2) is 27.4 Å². The van der Waals surface area contributed by atoms with E-state index in [1.54, 1.807) is 19.1 Å². The highest BCUT2D eigenvalue weighted by Crippen LogP contribution is 2.31. The second-order valence-corrected chi connectivity index (χ2v) is 8.25. The highest BCUT2D eigenvalue weighted by atomic mass is 32.1. The van der Waals surface area contributed by atoms with Crippen LogP contribution in [-0.2, 0) is 4.79 Å². The van der Waals surface area contributed by atoms with Gasteiger partial charge >= 0.3 is 0 Å². The van der Waals surface area contributed by atoms with Gasteiger partial charge in [0.2, 0.25) is 0 Å². The molecule has 1 aliphatic rings. The van der Waals surface area contributed by atoms with Crippen LogP contribution in [0, 0.1) is 12.7 Å². The van der Waals surface area contributed by atoms with Crippen molar-refractivity contribution in [1.82, 2.24) is 14.9 Å². The monoisotopic (exact) mass is 442 g/mol. The van der Waals surface area contributed by atoms with Crippen LogP contribution in [0.3, 0.4) is 0 Å². The van der Waals surface area contributed by atoms with Crippen molar-refractivity contribution in [3.8, 4) is 0 Å². The number of carbonyl (C=O) groups is 2. The minimum atomic E-state index is -1.07. The highest BCUT2D eigenvalue weighted by Gasteiger charge is 2.37. The summed E-state index contributed by atoms with van der Waals surface area (Å²) in [5.74, 6) is -0.359. The van der Waals surface area contributed by atoms with Crippen molar-refractivity contribution in [3.63, 3.8) is 0 Å². The molecular weight excluding hydrogens is 419 g/mol. The first-order chi connectivity index (χ1) is 15.0. The average Bonchev–Trinajstić information content (AvgIpc) is 3.45.